The fraction of sp³-hybridized carbons (Fsp3) is 0.310. The third-order valence-corrected chi connectivity index (χ3v) is 6.13. The van der Waals surface area contributed by atoms with Crippen molar-refractivity contribution < 1.29 is 22.8 Å². The molecular weight excluding hydrogens is 504 g/mol. The molecule has 2 aromatic heterocycles. The molecule has 39 heavy (non-hydrogen) atoms. The maximum absolute atomic E-state index is 13.7. The number of halogens is 2. The molecule has 2 aromatic carbocycles. The lowest BCUT2D eigenvalue weighted by atomic mass is 10.0. The van der Waals surface area contributed by atoms with Gasteiger partial charge in [0.25, 0.3) is 0 Å². The van der Waals surface area contributed by atoms with Crippen LogP contribution in [0.1, 0.15) is 35.9 Å². The van der Waals surface area contributed by atoms with Gasteiger partial charge in [0, 0.05) is 37.8 Å². The van der Waals surface area contributed by atoms with Crippen LogP contribution >= 0.6 is 0 Å². The molecule has 0 aliphatic carbocycles. The lowest BCUT2D eigenvalue weighted by Crippen LogP contribution is -2.46. The number of nitrogens with two attached hydrogens (primary N) is 1. The number of carbonyl (C=O) groups is 1. The molecule has 2 heterocycles. The molecule has 0 fully saturated rings. The molecule has 0 amide bonds. The maximum atomic E-state index is 13.7. The molecule has 0 saturated carbocycles. The summed E-state index contributed by atoms with van der Waals surface area (Å²) in [5.41, 5.74) is 9.63. The second-order valence-electron chi connectivity index (χ2n) is 9.21. The molecule has 0 aliphatic heterocycles. The van der Waals surface area contributed by atoms with Crippen molar-refractivity contribution in [3.05, 3.63) is 101 Å². The maximum Gasteiger partial charge on any atom is 0.306 e. The van der Waals surface area contributed by atoms with Crippen LogP contribution in [-0.4, -0.2) is 39.8 Å². The molecule has 0 spiro atoms. The second kappa shape index (κ2) is 13.7. The number of rotatable bonds is 13. The summed E-state index contributed by atoms with van der Waals surface area (Å²) in [7, 11) is 0. The van der Waals surface area contributed by atoms with Crippen LogP contribution in [0.2, 0.25) is 0 Å². The predicted molar refractivity (Wildman–Crippen MR) is 141 cm³/mol. The van der Waals surface area contributed by atoms with Gasteiger partial charge in [0.15, 0.2) is 0 Å². The molecule has 10 heteroatoms. The minimum atomic E-state index is -0.745. The van der Waals surface area contributed by atoms with Crippen LogP contribution in [0.3, 0.4) is 0 Å². The van der Waals surface area contributed by atoms with E-state index in [2.05, 4.69) is 39.5 Å². The Morgan fingerprint density at radius 2 is 1.85 bits per heavy atom. The standard InChI is InChI=1S/C29H31F2N5O3/c1-2-19-6-5-7-20(12-19)17-33-18-26(24(32)15-21-13-22(30)16-23(31)14-21)38-28(37)10-9-27-35-29(36-39-27)25-8-3-4-11-34-25/h3-8,11-14,16,24,26,33H,2,9-10,15,17-18,32H2,1H3. The fourth-order valence-electron chi connectivity index (χ4n) is 4.12. The van der Waals surface area contributed by atoms with Crippen molar-refractivity contribution >= 4 is 5.97 Å². The Bertz CT molecular complexity index is 1350. The number of benzene rings is 2. The highest BCUT2D eigenvalue weighted by molar-refractivity contribution is 5.69. The second-order valence-corrected chi connectivity index (χ2v) is 9.21. The van der Waals surface area contributed by atoms with Gasteiger partial charge in [-0.3, -0.25) is 9.78 Å². The Hall–Kier alpha value is -4.02. The van der Waals surface area contributed by atoms with E-state index in [-0.39, 0.29) is 31.7 Å². The number of esters is 1. The number of pyridine rings is 1. The topological polar surface area (TPSA) is 116 Å². The molecule has 4 aromatic rings. The van der Waals surface area contributed by atoms with Crippen molar-refractivity contribution in [2.75, 3.05) is 6.54 Å². The Kier molecular flexibility index (Phi) is 9.82. The molecule has 8 nitrogen and oxygen atoms in total. The van der Waals surface area contributed by atoms with Crippen molar-refractivity contribution in [3.63, 3.8) is 0 Å². The van der Waals surface area contributed by atoms with E-state index in [4.69, 9.17) is 15.0 Å². The number of nitrogens with one attached hydrogen (secondary N) is 1. The van der Waals surface area contributed by atoms with E-state index in [1.54, 1.807) is 18.3 Å². The van der Waals surface area contributed by atoms with Gasteiger partial charge in [-0.15, -0.1) is 0 Å². The van der Waals surface area contributed by atoms with Gasteiger partial charge in [-0.05, 0) is 53.8 Å². The molecule has 3 N–H and O–H groups in total. The van der Waals surface area contributed by atoms with Gasteiger partial charge in [0.1, 0.15) is 23.4 Å². The number of hydrogen-bond acceptors (Lipinski definition) is 8. The number of aromatic nitrogens is 3. The van der Waals surface area contributed by atoms with Crippen molar-refractivity contribution in [1.29, 1.82) is 0 Å². The first-order chi connectivity index (χ1) is 18.9. The first-order valence-corrected chi connectivity index (χ1v) is 12.8. The largest absolute Gasteiger partial charge is 0.459 e. The smallest absolute Gasteiger partial charge is 0.306 e. The minimum Gasteiger partial charge on any atom is -0.459 e. The van der Waals surface area contributed by atoms with Crippen LogP contribution in [0.15, 0.2) is 71.4 Å². The van der Waals surface area contributed by atoms with Crippen LogP contribution in [0, 0.1) is 11.6 Å². The van der Waals surface area contributed by atoms with E-state index in [1.807, 2.05) is 18.2 Å². The summed E-state index contributed by atoms with van der Waals surface area (Å²) in [4.78, 5) is 21.2. The zero-order valence-corrected chi connectivity index (χ0v) is 21.6. The molecule has 0 bridgehead atoms. The Morgan fingerprint density at radius 1 is 1.05 bits per heavy atom. The third-order valence-electron chi connectivity index (χ3n) is 6.13. The molecule has 2 atom stereocenters. The molecule has 0 radical (unpaired) electrons. The number of nitrogens with zero attached hydrogens (tertiary/aromatic N) is 3. The first kappa shape index (κ1) is 28.0. The average molecular weight is 536 g/mol. The van der Waals surface area contributed by atoms with E-state index >= 15 is 0 Å². The van der Waals surface area contributed by atoms with Gasteiger partial charge in [0.2, 0.25) is 11.7 Å². The summed E-state index contributed by atoms with van der Waals surface area (Å²) < 4.78 is 38.4. The molecule has 4 rings (SSSR count). The van der Waals surface area contributed by atoms with Crippen LogP contribution in [0.25, 0.3) is 11.5 Å². The molecule has 204 valence electrons. The van der Waals surface area contributed by atoms with Gasteiger partial charge in [-0.1, -0.05) is 42.4 Å². The van der Waals surface area contributed by atoms with E-state index in [0.717, 1.165) is 18.1 Å². The number of hydrogen-bond donors (Lipinski definition) is 2. The summed E-state index contributed by atoms with van der Waals surface area (Å²) >= 11 is 0. The fourth-order valence-corrected chi connectivity index (χ4v) is 4.12. The molecule has 0 saturated heterocycles. The van der Waals surface area contributed by atoms with E-state index in [1.165, 1.54) is 17.7 Å². The van der Waals surface area contributed by atoms with E-state index in [0.29, 0.717) is 23.6 Å². The highest BCUT2D eigenvalue weighted by Gasteiger charge is 2.23. The monoisotopic (exact) mass is 535 g/mol. The summed E-state index contributed by atoms with van der Waals surface area (Å²) in [5, 5.41) is 7.19. The van der Waals surface area contributed by atoms with Gasteiger partial charge < -0.3 is 20.3 Å². The minimum absolute atomic E-state index is 0.0137. The van der Waals surface area contributed by atoms with Gasteiger partial charge in [0.05, 0.1) is 6.42 Å². The Labute approximate surface area is 225 Å². The van der Waals surface area contributed by atoms with Gasteiger partial charge in [-0.2, -0.15) is 4.98 Å². The lowest BCUT2D eigenvalue weighted by Gasteiger charge is -2.25. The van der Waals surface area contributed by atoms with Crippen LogP contribution in [0.4, 0.5) is 8.78 Å². The highest BCUT2D eigenvalue weighted by atomic mass is 19.1. The van der Waals surface area contributed by atoms with Crippen LogP contribution in [-0.2, 0) is 35.3 Å². The zero-order valence-electron chi connectivity index (χ0n) is 21.6. The molecule has 2 unspecified atom stereocenters. The first-order valence-electron chi connectivity index (χ1n) is 12.8. The summed E-state index contributed by atoms with van der Waals surface area (Å²) in [6, 6.07) is 16.1. The van der Waals surface area contributed by atoms with Gasteiger partial charge in [-0.25, -0.2) is 8.78 Å². The summed E-state index contributed by atoms with van der Waals surface area (Å²) in [6.45, 7) is 2.89. The van der Waals surface area contributed by atoms with Crippen molar-refractivity contribution in [3.8, 4) is 11.5 Å². The van der Waals surface area contributed by atoms with Crippen molar-refractivity contribution in [2.24, 2.45) is 5.73 Å². The van der Waals surface area contributed by atoms with Crippen molar-refractivity contribution in [1.82, 2.24) is 20.4 Å². The normalized spacial score (nSPS) is 12.7. The quantitative estimate of drug-likeness (QED) is 0.245. The van der Waals surface area contributed by atoms with E-state index < -0.39 is 29.7 Å². The molecular formula is C29H31F2N5O3. The average Bonchev–Trinajstić information content (AvgIpc) is 3.40. The molecule has 0 aliphatic rings. The van der Waals surface area contributed by atoms with Crippen LogP contribution < -0.4 is 11.1 Å². The van der Waals surface area contributed by atoms with Crippen LogP contribution in [0.5, 0.6) is 0 Å². The lowest BCUT2D eigenvalue weighted by molar-refractivity contribution is -0.150. The highest BCUT2D eigenvalue weighted by Crippen LogP contribution is 2.15. The Balaban J connectivity index is 1.37. The van der Waals surface area contributed by atoms with Crippen molar-refractivity contribution in [2.45, 2.75) is 51.3 Å². The number of carbonyl (C=O) groups excluding carboxylic acids is 1. The van der Waals surface area contributed by atoms with Gasteiger partial charge >= 0.3 is 5.97 Å². The summed E-state index contributed by atoms with van der Waals surface area (Å²) in [6.07, 6.45) is 2.08. The predicted octanol–water partition coefficient (Wildman–Crippen LogP) is 4.18. The van der Waals surface area contributed by atoms with E-state index in [9.17, 15) is 13.6 Å². The number of aryl methyl sites for hydroxylation is 2. The SMILES string of the molecule is CCc1cccc(CNCC(OC(=O)CCc2nc(-c3ccccn3)no2)C(N)Cc2cc(F)cc(F)c2)c1. The number of ether oxygens (including phenoxy) is 1. The summed E-state index contributed by atoms with van der Waals surface area (Å²) in [5.74, 6) is -1.28. The zero-order chi connectivity index (χ0) is 27.6. The third kappa shape index (κ3) is 8.49. The Morgan fingerprint density at radius 3 is 2.59 bits per heavy atom.